The molecule has 4 nitrogen and oxygen atoms in total. The molecule has 0 aliphatic heterocycles. The zero-order valence-corrected chi connectivity index (χ0v) is 34.1. The van der Waals surface area contributed by atoms with Gasteiger partial charge in [0.25, 0.3) is 0 Å². The summed E-state index contributed by atoms with van der Waals surface area (Å²) in [6, 6.07) is 68.2. The lowest BCUT2D eigenvalue weighted by molar-refractivity contribution is 0.767. The lowest BCUT2D eigenvalue weighted by Gasteiger charge is -2.35. The van der Waals surface area contributed by atoms with E-state index in [4.69, 9.17) is 15.0 Å². The molecule has 3 heterocycles. The van der Waals surface area contributed by atoms with Gasteiger partial charge in [0, 0.05) is 40.8 Å². The summed E-state index contributed by atoms with van der Waals surface area (Å²) in [5.41, 5.74) is 15.7. The second-order valence-corrected chi connectivity index (χ2v) is 16.6. The Morgan fingerprint density at radius 3 is 1.68 bits per heavy atom. The van der Waals surface area contributed by atoms with E-state index in [1.807, 2.05) is 36.7 Å². The van der Waals surface area contributed by atoms with Crippen LogP contribution in [0.5, 0.6) is 0 Å². The first-order valence-corrected chi connectivity index (χ1v) is 21.4. The van der Waals surface area contributed by atoms with Gasteiger partial charge in [0.2, 0.25) is 0 Å². The molecule has 0 saturated carbocycles. The molecule has 0 bridgehead atoms. The molecular formula is C59H36N4. The zero-order valence-electron chi connectivity index (χ0n) is 34.1. The second-order valence-electron chi connectivity index (χ2n) is 16.6. The van der Waals surface area contributed by atoms with Crippen LogP contribution in [0.2, 0.25) is 0 Å². The monoisotopic (exact) mass is 800 g/mol. The summed E-state index contributed by atoms with van der Waals surface area (Å²) in [6.07, 6.45) is 10.1. The third-order valence-corrected chi connectivity index (χ3v) is 13.2. The van der Waals surface area contributed by atoms with Crippen LogP contribution < -0.4 is 0 Å². The number of hydrogen-bond donors (Lipinski definition) is 0. The molecule has 3 aromatic heterocycles. The average Bonchev–Trinajstić information content (AvgIpc) is 3.56. The number of nitrogens with zero attached hydrogens (tertiary/aromatic N) is 4. The highest BCUT2D eigenvalue weighted by Gasteiger charge is 2.49. The van der Waals surface area contributed by atoms with Gasteiger partial charge >= 0.3 is 0 Å². The van der Waals surface area contributed by atoms with Crippen molar-refractivity contribution in [1.29, 1.82) is 0 Å². The Bertz CT molecular complexity index is 3670. The van der Waals surface area contributed by atoms with E-state index in [1.165, 1.54) is 76.8 Å². The van der Waals surface area contributed by atoms with Crippen molar-refractivity contribution in [2.24, 2.45) is 0 Å². The van der Waals surface area contributed by atoms with Gasteiger partial charge in [-0.15, -0.1) is 0 Å². The van der Waals surface area contributed by atoms with Crippen LogP contribution in [0, 0.1) is 0 Å². The lowest BCUT2D eigenvalue weighted by Crippen LogP contribution is -2.30. The van der Waals surface area contributed by atoms with Crippen molar-refractivity contribution in [1.82, 2.24) is 19.9 Å². The first-order chi connectivity index (χ1) is 31.2. The van der Waals surface area contributed by atoms with Gasteiger partial charge in [0.15, 0.2) is 5.82 Å². The normalized spacial score (nSPS) is 14.7. The SMILES string of the molecule is C1=Cc2ccc(-c3cc(-c4ccccc4)nc(-c4ccc(-c5cccnc5)nc4)n3)cc2C2(c3ccccc31)c1ccccc1-c1cc3c4ccccc4c4ccccc4c3cc12. The summed E-state index contributed by atoms with van der Waals surface area (Å²) in [4.78, 5) is 19.6. The smallest absolute Gasteiger partial charge is 0.161 e. The fourth-order valence-electron chi connectivity index (χ4n) is 10.4. The van der Waals surface area contributed by atoms with E-state index in [2.05, 4.69) is 181 Å². The van der Waals surface area contributed by atoms with Gasteiger partial charge in [-0.1, -0.05) is 152 Å². The number of fused-ring (bicyclic) bond motifs is 15. The molecule has 63 heavy (non-hydrogen) atoms. The van der Waals surface area contributed by atoms with Gasteiger partial charge in [0.05, 0.1) is 22.5 Å². The Hall–Kier alpha value is -8.34. The van der Waals surface area contributed by atoms with E-state index in [9.17, 15) is 0 Å². The van der Waals surface area contributed by atoms with Gasteiger partial charge in [-0.3, -0.25) is 9.97 Å². The maximum Gasteiger partial charge on any atom is 0.161 e. The van der Waals surface area contributed by atoms with E-state index in [-0.39, 0.29) is 0 Å². The molecule has 8 aromatic carbocycles. The molecule has 0 saturated heterocycles. The van der Waals surface area contributed by atoms with Crippen LogP contribution in [0.4, 0.5) is 0 Å². The molecule has 1 unspecified atom stereocenters. The predicted molar refractivity (Wildman–Crippen MR) is 258 cm³/mol. The van der Waals surface area contributed by atoms with E-state index in [0.717, 1.165) is 39.3 Å². The molecule has 0 amide bonds. The Balaban J connectivity index is 1.08. The molecular weight excluding hydrogens is 765 g/mol. The van der Waals surface area contributed by atoms with Gasteiger partial charge in [-0.25, -0.2) is 9.97 Å². The quantitative estimate of drug-likeness (QED) is 0.166. The fraction of sp³-hybridized carbons (Fsp3) is 0.0169. The average molecular weight is 801 g/mol. The van der Waals surface area contributed by atoms with Crippen molar-refractivity contribution in [3.05, 3.63) is 240 Å². The molecule has 0 N–H and O–H groups in total. The fourth-order valence-corrected chi connectivity index (χ4v) is 10.4. The Morgan fingerprint density at radius 1 is 0.333 bits per heavy atom. The predicted octanol–water partition coefficient (Wildman–Crippen LogP) is 14.2. The zero-order chi connectivity index (χ0) is 41.5. The summed E-state index contributed by atoms with van der Waals surface area (Å²) in [7, 11) is 0. The maximum atomic E-state index is 5.34. The van der Waals surface area contributed by atoms with Gasteiger partial charge in [0.1, 0.15) is 0 Å². The van der Waals surface area contributed by atoms with Crippen LogP contribution in [-0.4, -0.2) is 19.9 Å². The third-order valence-electron chi connectivity index (χ3n) is 13.2. The molecule has 11 aromatic rings. The topological polar surface area (TPSA) is 51.6 Å². The first-order valence-electron chi connectivity index (χ1n) is 21.4. The molecule has 0 fully saturated rings. The summed E-state index contributed by atoms with van der Waals surface area (Å²) in [5, 5.41) is 7.62. The second kappa shape index (κ2) is 13.8. The Kier molecular flexibility index (Phi) is 7.79. The van der Waals surface area contributed by atoms with Crippen molar-refractivity contribution in [2.45, 2.75) is 5.41 Å². The Labute approximate surface area is 364 Å². The molecule has 13 rings (SSSR count). The molecule has 1 spiro atoms. The van der Waals surface area contributed by atoms with Crippen molar-refractivity contribution < 1.29 is 0 Å². The van der Waals surface area contributed by atoms with Crippen molar-refractivity contribution in [3.8, 4) is 56.3 Å². The number of hydrogen-bond acceptors (Lipinski definition) is 4. The van der Waals surface area contributed by atoms with Crippen LogP contribution >= 0.6 is 0 Å². The van der Waals surface area contributed by atoms with Crippen molar-refractivity contribution in [2.75, 3.05) is 0 Å². The summed E-state index contributed by atoms with van der Waals surface area (Å²) >= 11 is 0. The number of aromatic nitrogens is 4. The van der Waals surface area contributed by atoms with Gasteiger partial charge in [-0.05, 0) is 125 Å². The third kappa shape index (κ3) is 5.35. The minimum absolute atomic E-state index is 0.619. The largest absolute Gasteiger partial charge is 0.264 e. The summed E-state index contributed by atoms with van der Waals surface area (Å²) in [5.74, 6) is 0.619. The number of rotatable bonds is 4. The summed E-state index contributed by atoms with van der Waals surface area (Å²) in [6.45, 7) is 0. The van der Waals surface area contributed by atoms with E-state index in [1.54, 1.807) is 6.20 Å². The molecule has 0 radical (unpaired) electrons. The van der Waals surface area contributed by atoms with Crippen LogP contribution in [-0.2, 0) is 5.41 Å². The van der Waals surface area contributed by atoms with Crippen LogP contribution in [0.15, 0.2) is 207 Å². The number of pyridine rings is 2. The Morgan fingerprint density at radius 2 is 0.952 bits per heavy atom. The highest BCUT2D eigenvalue weighted by molar-refractivity contribution is 6.26. The highest BCUT2D eigenvalue weighted by atomic mass is 14.9. The maximum absolute atomic E-state index is 5.34. The molecule has 1 atom stereocenters. The van der Waals surface area contributed by atoms with Gasteiger partial charge < -0.3 is 0 Å². The minimum Gasteiger partial charge on any atom is -0.264 e. The molecule has 4 heteroatoms. The van der Waals surface area contributed by atoms with Crippen LogP contribution in [0.3, 0.4) is 0 Å². The van der Waals surface area contributed by atoms with Crippen LogP contribution in [0.25, 0.3) is 101 Å². The highest BCUT2D eigenvalue weighted by Crippen LogP contribution is 2.60. The van der Waals surface area contributed by atoms with E-state index in [0.29, 0.717) is 5.82 Å². The molecule has 292 valence electrons. The number of benzene rings is 8. The summed E-state index contributed by atoms with van der Waals surface area (Å²) < 4.78 is 0. The van der Waals surface area contributed by atoms with Crippen LogP contribution in [0.1, 0.15) is 33.4 Å². The van der Waals surface area contributed by atoms with Crippen molar-refractivity contribution in [3.63, 3.8) is 0 Å². The van der Waals surface area contributed by atoms with E-state index >= 15 is 0 Å². The van der Waals surface area contributed by atoms with E-state index < -0.39 is 5.41 Å². The standard InChI is InChI=1S/C59H36N4/c1-2-14-39(15-3-1)56-34-57(63-58(62-56)42-28-29-55(61-36-42)41-16-12-30-60-35-41)40-27-26-38-25-24-37-13-4-10-22-51(37)59(53(38)31-40)52-23-11-9-21-47(52)50-32-48-45-19-7-5-17-43(45)44-18-6-8-20-46(44)49(48)33-54(50)59/h1-36H. The van der Waals surface area contributed by atoms with Crippen molar-refractivity contribution >= 4 is 44.5 Å². The lowest BCUT2D eigenvalue weighted by atomic mass is 9.65. The molecule has 2 aliphatic carbocycles. The molecule has 2 aliphatic rings. The minimum atomic E-state index is -0.636. The van der Waals surface area contributed by atoms with Gasteiger partial charge in [-0.2, -0.15) is 0 Å². The first kappa shape index (κ1) is 35.4.